The first-order chi connectivity index (χ1) is 12.1. The molecule has 0 unspecified atom stereocenters. The highest BCUT2D eigenvalue weighted by atomic mass is 35.5. The molecule has 7 heteroatoms. The molecule has 25 heavy (non-hydrogen) atoms. The highest BCUT2D eigenvalue weighted by Gasteiger charge is 2.26. The number of esters is 1. The maximum Gasteiger partial charge on any atom is 0.308 e. The van der Waals surface area contributed by atoms with Gasteiger partial charge in [-0.25, -0.2) is 0 Å². The minimum atomic E-state index is -0.114. The number of rotatable bonds is 5. The average Bonchev–Trinajstić information content (AvgIpc) is 2.65. The van der Waals surface area contributed by atoms with Crippen LogP contribution in [0.2, 0.25) is 5.02 Å². The zero-order valence-electron chi connectivity index (χ0n) is 15.0. The number of carbonyl (C=O) groups excluding carboxylic acids is 1. The molecule has 0 atom stereocenters. The number of benzene rings is 1. The first-order valence-corrected chi connectivity index (χ1v) is 8.82. The van der Waals surface area contributed by atoms with E-state index in [-0.39, 0.29) is 11.9 Å². The van der Waals surface area contributed by atoms with Crippen LogP contribution in [-0.2, 0) is 16.0 Å². The maximum absolute atomic E-state index is 11.6. The van der Waals surface area contributed by atoms with Crippen LogP contribution in [0.5, 0.6) is 5.75 Å². The van der Waals surface area contributed by atoms with Crippen LogP contribution in [-0.4, -0.2) is 57.7 Å². The van der Waals surface area contributed by atoms with Crippen LogP contribution < -0.4 is 10.1 Å². The Hall–Kier alpha value is -1.95. The second-order valence-electron chi connectivity index (χ2n) is 5.97. The molecular weight excluding hydrogens is 342 g/mol. The Kier molecular flexibility index (Phi) is 7.37. The molecule has 0 saturated carbocycles. The SMILES string of the molecule is CN=C(NCCc1ccc(OC)cc1Cl)N1CCC(C(=O)OC)CC1. The molecule has 0 bridgehead atoms. The van der Waals surface area contributed by atoms with Crippen LogP contribution in [0.1, 0.15) is 18.4 Å². The molecule has 0 spiro atoms. The summed E-state index contributed by atoms with van der Waals surface area (Å²) in [6.07, 6.45) is 2.37. The van der Waals surface area contributed by atoms with Crippen molar-refractivity contribution >= 4 is 23.5 Å². The van der Waals surface area contributed by atoms with E-state index in [0.29, 0.717) is 5.02 Å². The van der Waals surface area contributed by atoms with E-state index in [0.717, 1.165) is 56.2 Å². The molecule has 1 aliphatic rings. The van der Waals surface area contributed by atoms with Crippen LogP contribution in [0.15, 0.2) is 23.2 Å². The molecule has 2 rings (SSSR count). The Morgan fingerprint density at radius 3 is 2.64 bits per heavy atom. The van der Waals surface area contributed by atoms with E-state index < -0.39 is 0 Å². The van der Waals surface area contributed by atoms with E-state index in [9.17, 15) is 4.79 Å². The molecule has 0 amide bonds. The summed E-state index contributed by atoms with van der Waals surface area (Å²) in [7, 11) is 4.84. The van der Waals surface area contributed by atoms with E-state index in [1.165, 1.54) is 7.11 Å². The van der Waals surface area contributed by atoms with Crippen molar-refractivity contribution in [2.45, 2.75) is 19.3 Å². The van der Waals surface area contributed by atoms with Crippen molar-refractivity contribution in [3.8, 4) is 5.75 Å². The lowest BCUT2D eigenvalue weighted by Gasteiger charge is -2.33. The molecule has 1 heterocycles. The number of nitrogens with one attached hydrogen (secondary N) is 1. The second kappa shape index (κ2) is 9.51. The quantitative estimate of drug-likeness (QED) is 0.491. The summed E-state index contributed by atoms with van der Waals surface area (Å²) in [5.41, 5.74) is 1.06. The van der Waals surface area contributed by atoms with E-state index in [1.807, 2.05) is 18.2 Å². The number of methoxy groups -OCH3 is 2. The monoisotopic (exact) mass is 367 g/mol. The normalized spacial score (nSPS) is 15.8. The zero-order chi connectivity index (χ0) is 18.2. The van der Waals surface area contributed by atoms with Gasteiger partial charge in [-0.1, -0.05) is 17.7 Å². The zero-order valence-corrected chi connectivity index (χ0v) is 15.8. The summed E-state index contributed by atoms with van der Waals surface area (Å²) in [5.74, 6) is 1.49. The highest BCUT2D eigenvalue weighted by molar-refractivity contribution is 6.31. The van der Waals surface area contributed by atoms with Crippen molar-refractivity contribution in [3.63, 3.8) is 0 Å². The molecule has 1 N–H and O–H groups in total. The minimum Gasteiger partial charge on any atom is -0.497 e. The summed E-state index contributed by atoms with van der Waals surface area (Å²) in [6, 6.07) is 5.71. The van der Waals surface area contributed by atoms with Gasteiger partial charge in [0.2, 0.25) is 0 Å². The van der Waals surface area contributed by atoms with Crippen LogP contribution in [0, 0.1) is 5.92 Å². The van der Waals surface area contributed by atoms with Crippen molar-refractivity contribution in [3.05, 3.63) is 28.8 Å². The van der Waals surface area contributed by atoms with E-state index in [2.05, 4.69) is 15.2 Å². The Bertz CT molecular complexity index is 614. The fourth-order valence-electron chi connectivity index (χ4n) is 2.99. The molecule has 1 fully saturated rings. The predicted molar refractivity (Wildman–Crippen MR) is 99.4 cm³/mol. The maximum atomic E-state index is 11.6. The van der Waals surface area contributed by atoms with Gasteiger partial charge in [-0.15, -0.1) is 0 Å². The lowest BCUT2D eigenvalue weighted by atomic mass is 9.97. The van der Waals surface area contributed by atoms with Crippen LogP contribution in [0.4, 0.5) is 0 Å². The summed E-state index contributed by atoms with van der Waals surface area (Å²) in [4.78, 5) is 18.1. The lowest BCUT2D eigenvalue weighted by Crippen LogP contribution is -2.47. The number of hydrogen-bond acceptors (Lipinski definition) is 4. The van der Waals surface area contributed by atoms with E-state index in [1.54, 1.807) is 14.2 Å². The van der Waals surface area contributed by atoms with Crippen molar-refractivity contribution in [2.75, 3.05) is 40.9 Å². The van der Waals surface area contributed by atoms with Gasteiger partial charge in [0.05, 0.1) is 20.1 Å². The number of nitrogens with zero attached hydrogens (tertiary/aromatic N) is 2. The van der Waals surface area contributed by atoms with Gasteiger partial charge in [0, 0.05) is 31.7 Å². The van der Waals surface area contributed by atoms with Crippen molar-refractivity contribution in [1.29, 1.82) is 0 Å². The topological polar surface area (TPSA) is 63.2 Å². The molecule has 0 radical (unpaired) electrons. The molecule has 138 valence electrons. The molecule has 6 nitrogen and oxygen atoms in total. The van der Waals surface area contributed by atoms with Crippen molar-refractivity contribution in [1.82, 2.24) is 10.2 Å². The Morgan fingerprint density at radius 1 is 1.36 bits per heavy atom. The second-order valence-corrected chi connectivity index (χ2v) is 6.37. The summed E-state index contributed by atoms with van der Waals surface area (Å²) in [6.45, 7) is 2.32. The number of guanidine groups is 1. The molecule has 1 aliphatic heterocycles. The highest BCUT2D eigenvalue weighted by Crippen LogP contribution is 2.22. The number of halogens is 1. The predicted octanol–water partition coefficient (Wildman–Crippen LogP) is 2.35. The van der Waals surface area contributed by atoms with Gasteiger partial charge < -0.3 is 19.7 Å². The molecule has 1 aromatic carbocycles. The third-order valence-electron chi connectivity index (χ3n) is 4.48. The number of likely N-dealkylation sites (tertiary alicyclic amines) is 1. The van der Waals surface area contributed by atoms with Crippen LogP contribution in [0.25, 0.3) is 0 Å². The standard InChI is InChI=1S/C18H26ClN3O3/c1-20-18(22-10-7-14(8-11-22)17(23)25-3)21-9-6-13-4-5-15(24-2)12-16(13)19/h4-5,12,14H,6-11H2,1-3H3,(H,20,21). The van der Waals surface area contributed by atoms with Crippen LogP contribution >= 0.6 is 11.6 Å². The van der Waals surface area contributed by atoms with E-state index in [4.69, 9.17) is 21.1 Å². The fourth-order valence-corrected chi connectivity index (χ4v) is 3.26. The third-order valence-corrected chi connectivity index (χ3v) is 4.83. The van der Waals surface area contributed by atoms with Crippen LogP contribution in [0.3, 0.4) is 0 Å². The van der Waals surface area contributed by atoms with Crippen molar-refractivity contribution in [2.24, 2.45) is 10.9 Å². The molecule has 0 aromatic heterocycles. The average molecular weight is 368 g/mol. The van der Waals surface area contributed by atoms with E-state index >= 15 is 0 Å². The van der Waals surface area contributed by atoms with Gasteiger partial charge >= 0.3 is 5.97 Å². The van der Waals surface area contributed by atoms with Crippen molar-refractivity contribution < 1.29 is 14.3 Å². The van der Waals surface area contributed by atoms with Gasteiger partial charge in [0.25, 0.3) is 0 Å². The molecule has 1 aromatic rings. The van der Waals surface area contributed by atoms with Gasteiger partial charge in [-0.3, -0.25) is 9.79 Å². The smallest absolute Gasteiger partial charge is 0.308 e. The summed E-state index contributed by atoms with van der Waals surface area (Å²) in [5, 5.41) is 4.08. The number of carbonyl (C=O) groups is 1. The summed E-state index contributed by atoms with van der Waals surface area (Å²) < 4.78 is 9.99. The number of aliphatic imine (C=N–C) groups is 1. The van der Waals surface area contributed by atoms with Gasteiger partial charge in [-0.05, 0) is 37.0 Å². The van der Waals surface area contributed by atoms with Gasteiger partial charge in [0.1, 0.15) is 5.75 Å². The molecule has 1 saturated heterocycles. The molecule has 0 aliphatic carbocycles. The fraction of sp³-hybridized carbons (Fsp3) is 0.556. The first kappa shape index (κ1) is 19.4. The number of piperidine rings is 1. The Morgan fingerprint density at radius 2 is 2.08 bits per heavy atom. The first-order valence-electron chi connectivity index (χ1n) is 8.45. The van der Waals surface area contributed by atoms with Gasteiger partial charge in [0.15, 0.2) is 5.96 Å². The Balaban J connectivity index is 1.82. The lowest BCUT2D eigenvalue weighted by molar-refractivity contribution is -0.146. The summed E-state index contributed by atoms with van der Waals surface area (Å²) >= 11 is 6.27. The molecular formula is C18H26ClN3O3. The third kappa shape index (κ3) is 5.26. The van der Waals surface area contributed by atoms with Gasteiger partial charge in [-0.2, -0.15) is 0 Å². The number of ether oxygens (including phenoxy) is 2. The minimum absolute atomic E-state index is 0.00235. The Labute approximate surface area is 154 Å². The largest absolute Gasteiger partial charge is 0.497 e. The number of hydrogen-bond donors (Lipinski definition) is 1.